The molecule has 4 nitrogen and oxygen atoms in total. The van der Waals surface area contributed by atoms with Crippen molar-refractivity contribution < 1.29 is 9.53 Å². The smallest absolute Gasteiger partial charge is 0.224 e. The Balaban J connectivity index is 1.45. The third-order valence-corrected chi connectivity index (χ3v) is 6.05. The zero-order valence-corrected chi connectivity index (χ0v) is 15.7. The van der Waals surface area contributed by atoms with Crippen LogP contribution in [0.1, 0.15) is 51.0 Å². The molecular formula is C21H32N2O2. The molecule has 0 radical (unpaired) electrons. The second kappa shape index (κ2) is 8.33. The zero-order valence-electron chi connectivity index (χ0n) is 15.7. The quantitative estimate of drug-likeness (QED) is 0.862. The number of nitrogens with zero attached hydrogens (tertiary/aromatic N) is 1. The number of hydrogen-bond donors (Lipinski definition) is 1. The topological polar surface area (TPSA) is 41.6 Å². The summed E-state index contributed by atoms with van der Waals surface area (Å²) >= 11 is 0. The van der Waals surface area contributed by atoms with Crippen LogP contribution in [-0.2, 0) is 14.9 Å². The fourth-order valence-electron chi connectivity index (χ4n) is 4.46. The minimum Gasteiger partial charge on any atom is -0.384 e. The van der Waals surface area contributed by atoms with Crippen molar-refractivity contribution in [2.24, 2.45) is 0 Å². The lowest BCUT2D eigenvalue weighted by Gasteiger charge is -2.34. The molecule has 2 atom stereocenters. The lowest BCUT2D eigenvalue weighted by Crippen LogP contribution is -2.47. The molecule has 0 aromatic heterocycles. The van der Waals surface area contributed by atoms with E-state index in [1.165, 1.54) is 24.8 Å². The van der Waals surface area contributed by atoms with E-state index < -0.39 is 0 Å². The van der Waals surface area contributed by atoms with Crippen LogP contribution in [0.4, 0.5) is 0 Å². The van der Waals surface area contributed by atoms with Crippen LogP contribution in [0.3, 0.4) is 0 Å². The Kier molecular flexibility index (Phi) is 6.13. The van der Waals surface area contributed by atoms with E-state index in [1.807, 2.05) is 4.90 Å². The van der Waals surface area contributed by atoms with Crippen LogP contribution < -0.4 is 5.32 Å². The first kappa shape index (κ1) is 18.4. The molecular weight excluding hydrogens is 312 g/mol. The van der Waals surface area contributed by atoms with Crippen LogP contribution in [0.2, 0.25) is 0 Å². The average Bonchev–Trinajstić information content (AvgIpc) is 3.03. The van der Waals surface area contributed by atoms with Gasteiger partial charge in [0.15, 0.2) is 0 Å². The summed E-state index contributed by atoms with van der Waals surface area (Å²) in [4.78, 5) is 14.1. The van der Waals surface area contributed by atoms with Crippen LogP contribution in [-0.4, -0.2) is 49.7 Å². The van der Waals surface area contributed by atoms with Gasteiger partial charge in [0, 0.05) is 32.3 Å². The Bertz CT molecular complexity index is 554. The lowest BCUT2D eigenvalue weighted by molar-refractivity contribution is -0.133. The first-order valence-corrected chi connectivity index (χ1v) is 9.69. The average molecular weight is 344 g/mol. The van der Waals surface area contributed by atoms with Gasteiger partial charge in [-0.25, -0.2) is 0 Å². The molecule has 2 aliphatic rings. The van der Waals surface area contributed by atoms with Crippen LogP contribution in [0.5, 0.6) is 0 Å². The van der Waals surface area contributed by atoms with E-state index in [1.54, 1.807) is 7.11 Å². The summed E-state index contributed by atoms with van der Waals surface area (Å²) in [5, 5.41) is 3.88. The second-order valence-electron chi connectivity index (χ2n) is 7.93. The number of likely N-dealkylation sites (tertiary alicyclic amines) is 1. The minimum absolute atomic E-state index is 0.234. The van der Waals surface area contributed by atoms with Gasteiger partial charge in [-0.15, -0.1) is 0 Å². The zero-order chi connectivity index (χ0) is 17.7. The van der Waals surface area contributed by atoms with E-state index in [2.05, 4.69) is 42.6 Å². The van der Waals surface area contributed by atoms with Crippen molar-refractivity contribution in [3.63, 3.8) is 0 Å². The highest BCUT2D eigenvalue weighted by Crippen LogP contribution is 2.41. The van der Waals surface area contributed by atoms with Crippen LogP contribution >= 0.6 is 0 Å². The Labute approximate surface area is 151 Å². The molecule has 0 bridgehead atoms. The number of carbonyl (C=O) groups excluding carboxylic acids is 1. The third-order valence-electron chi connectivity index (χ3n) is 6.05. The number of hydrogen-bond acceptors (Lipinski definition) is 3. The van der Waals surface area contributed by atoms with Crippen molar-refractivity contribution in [2.75, 3.05) is 26.8 Å². The second-order valence-corrected chi connectivity index (χ2v) is 7.93. The number of ether oxygens (including phenoxy) is 1. The highest BCUT2D eigenvalue weighted by molar-refractivity contribution is 5.76. The number of piperidine rings is 1. The predicted octanol–water partition coefficient (Wildman–Crippen LogP) is 3.11. The Morgan fingerprint density at radius 1 is 1.20 bits per heavy atom. The maximum Gasteiger partial charge on any atom is 0.224 e. The standard InChI is InChI=1S/C21H32N2O2/c1-21(17-6-4-3-5-7-17)12-8-19(16-21)22-18-9-13-23(14-10-18)20(24)11-15-25-2/h3-7,18-19,22H,8-16H2,1-2H3. The molecule has 4 heteroatoms. The summed E-state index contributed by atoms with van der Waals surface area (Å²) in [6.45, 7) is 4.68. The highest BCUT2D eigenvalue weighted by atomic mass is 16.5. The largest absolute Gasteiger partial charge is 0.384 e. The van der Waals surface area contributed by atoms with Gasteiger partial charge < -0.3 is 15.0 Å². The van der Waals surface area contributed by atoms with Gasteiger partial charge in [-0.2, -0.15) is 0 Å². The van der Waals surface area contributed by atoms with E-state index in [4.69, 9.17) is 4.74 Å². The molecule has 1 aliphatic heterocycles. The Hall–Kier alpha value is -1.39. The highest BCUT2D eigenvalue weighted by Gasteiger charge is 2.37. The van der Waals surface area contributed by atoms with Crippen LogP contribution in [0.15, 0.2) is 30.3 Å². The van der Waals surface area contributed by atoms with E-state index >= 15 is 0 Å². The number of nitrogens with one attached hydrogen (secondary N) is 1. The van der Waals surface area contributed by atoms with E-state index in [0.717, 1.165) is 25.9 Å². The first-order chi connectivity index (χ1) is 12.1. The van der Waals surface area contributed by atoms with Crippen molar-refractivity contribution in [3.8, 4) is 0 Å². The van der Waals surface area contributed by atoms with Gasteiger partial charge >= 0.3 is 0 Å². The van der Waals surface area contributed by atoms with Gasteiger partial charge in [0.1, 0.15) is 0 Å². The number of rotatable bonds is 6. The molecule has 2 unspecified atom stereocenters. The van der Waals surface area contributed by atoms with Gasteiger partial charge in [0.05, 0.1) is 13.0 Å². The molecule has 1 saturated heterocycles. The number of amides is 1. The molecule has 0 spiro atoms. The van der Waals surface area contributed by atoms with Gasteiger partial charge in [0.25, 0.3) is 0 Å². The Morgan fingerprint density at radius 3 is 2.60 bits per heavy atom. The first-order valence-electron chi connectivity index (χ1n) is 9.69. The monoisotopic (exact) mass is 344 g/mol. The lowest BCUT2D eigenvalue weighted by atomic mass is 9.81. The van der Waals surface area contributed by atoms with E-state index in [-0.39, 0.29) is 5.91 Å². The minimum atomic E-state index is 0.234. The van der Waals surface area contributed by atoms with Gasteiger partial charge in [0.2, 0.25) is 5.91 Å². The van der Waals surface area contributed by atoms with Crippen molar-refractivity contribution in [1.82, 2.24) is 10.2 Å². The summed E-state index contributed by atoms with van der Waals surface area (Å²) in [6.07, 6.45) is 6.35. The number of carbonyl (C=O) groups is 1. The molecule has 1 heterocycles. The molecule has 25 heavy (non-hydrogen) atoms. The fourth-order valence-corrected chi connectivity index (χ4v) is 4.46. The van der Waals surface area contributed by atoms with Crippen molar-refractivity contribution in [3.05, 3.63) is 35.9 Å². The van der Waals surface area contributed by atoms with Crippen LogP contribution in [0, 0.1) is 0 Å². The fraction of sp³-hybridized carbons (Fsp3) is 0.667. The van der Waals surface area contributed by atoms with Gasteiger partial charge in [-0.3, -0.25) is 4.79 Å². The molecule has 1 amide bonds. The molecule has 1 aromatic rings. The molecule has 1 saturated carbocycles. The molecule has 1 N–H and O–H groups in total. The summed E-state index contributed by atoms with van der Waals surface area (Å²) in [7, 11) is 1.65. The van der Waals surface area contributed by atoms with E-state index in [9.17, 15) is 4.79 Å². The van der Waals surface area contributed by atoms with E-state index in [0.29, 0.717) is 30.5 Å². The number of methoxy groups -OCH3 is 1. The molecule has 2 fully saturated rings. The normalized spacial score (nSPS) is 27.6. The Morgan fingerprint density at radius 2 is 1.92 bits per heavy atom. The van der Waals surface area contributed by atoms with Crippen LogP contribution in [0.25, 0.3) is 0 Å². The summed E-state index contributed by atoms with van der Waals surface area (Å²) < 4.78 is 5.01. The molecule has 1 aliphatic carbocycles. The SMILES string of the molecule is COCCC(=O)N1CCC(NC2CCC(C)(c3ccccc3)C2)CC1. The maximum atomic E-state index is 12.1. The van der Waals surface area contributed by atoms with Crippen molar-refractivity contribution in [2.45, 2.75) is 62.9 Å². The summed E-state index contributed by atoms with van der Waals surface area (Å²) in [5.41, 5.74) is 1.77. The van der Waals surface area contributed by atoms with Crippen molar-refractivity contribution >= 4 is 5.91 Å². The molecule has 138 valence electrons. The van der Waals surface area contributed by atoms with Gasteiger partial charge in [-0.1, -0.05) is 37.3 Å². The summed E-state index contributed by atoms with van der Waals surface area (Å²) in [6, 6.07) is 12.1. The third kappa shape index (κ3) is 4.62. The maximum absolute atomic E-state index is 12.1. The number of benzene rings is 1. The predicted molar refractivity (Wildman–Crippen MR) is 101 cm³/mol. The van der Waals surface area contributed by atoms with Gasteiger partial charge in [-0.05, 0) is 43.1 Å². The molecule has 1 aromatic carbocycles. The summed E-state index contributed by atoms with van der Waals surface area (Å²) in [5.74, 6) is 0.234. The van der Waals surface area contributed by atoms with Crippen molar-refractivity contribution in [1.29, 1.82) is 0 Å². The molecule has 3 rings (SSSR count).